The summed E-state index contributed by atoms with van der Waals surface area (Å²) < 4.78 is 0. The van der Waals surface area contributed by atoms with Crippen LogP contribution in [0.4, 0.5) is 0 Å². The Morgan fingerprint density at radius 3 is 2.50 bits per heavy atom. The fraction of sp³-hybridized carbons (Fsp3) is 0.200. The molecule has 0 saturated carbocycles. The van der Waals surface area contributed by atoms with Crippen LogP contribution in [0.2, 0.25) is 0 Å². The predicted octanol–water partition coefficient (Wildman–Crippen LogP) is 0.872. The van der Waals surface area contributed by atoms with Crippen molar-refractivity contribution >= 4 is 21.5 Å². The molecule has 46 valence electrons. The lowest BCUT2D eigenvalue weighted by molar-refractivity contribution is -0.106. The predicted molar refractivity (Wildman–Crippen MR) is 37.5 cm³/mol. The molecule has 8 heavy (non-hydrogen) atoms. The fourth-order valence-corrected chi connectivity index (χ4v) is 0.615. The van der Waals surface area contributed by atoms with Gasteiger partial charge in [-0.25, -0.2) is 0 Å². The summed E-state index contributed by atoms with van der Waals surface area (Å²) in [6.07, 6.45) is 1.18. The van der Waals surface area contributed by atoms with Crippen LogP contribution in [-0.2, 0) is 4.79 Å². The number of hydrogen-bond donors (Lipinski definition) is 2. The largest absolute Gasteiger partial charge is 0.359 e. The third-order valence-corrected chi connectivity index (χ3v) is 1.17. The van der Waals surface area contributed by atoms with Crippen LogP contribution in [0.1, 0.15) is 6.92 Å². The first kappa shape index (κ1) is 7.59. The van der Waals surface area contributed by atoms with Gasteiger partial charge >= 0.3 is 0 Å². The van der Waals surface area contributed by atoms with Crippen LogP contribution in [0.15, 0.2) is 12.7 Å². The lowest BCUT2D eigenvalue weighted by atomic mass is 10.7. The summed E-state index contributed by atoms with van der Waals surface area (Å²) in [5.74, 6) is 0. The number of hydrogen-bond acceptors (Lipinski definition) is 1. The summed E-state index contributed by atoms with van der Waals surface area (Å²) in [4.78, 5) is 10.3. The van der Waals surface area contributed by atoms with Crippen molar-refractivity contribution in [1.29, 1.82) is 0 Å². The lowest BCUT2D eigenvalue weighted by Crippen LogP contribution is -1.86. The molecule has 0 spiro atoms. The highest BCUT2D eigenvalue weighted by molar-refractivity contribution is 8.12. The van der Waals surface area contributed by atoms with Crippen molar-refractivity contribution in [1.82, 2.24) is 0 Å². The summed E-state index contributed by atoms with van der Waals surface area (Å²) in [6.45, 7) is 4.71. The van der Waals surface area contributed by atoms with E-state index in [-0.39, 0.29) is 10.2 Å². The molecule has 0 aromatic carbocycles. The van der Waals surface area contributed by atoms with Crippen LogP contribution in [0, 0.1) is 0 Å². The average molecular weight is 132 g/mol. The molecule has 0 saturated heterocycles. The second-order valence-corrected chi connectivity index (χ2v) is 2.51. The molecule has 0 aliphatic carbocycles. The minimum absolute atomic E-state index is 0.106. The highest BCUT2D eigenvalue weighted by Crippen LogP contribution is 1.90. The normalized spacial score (nSPS) is 12.0. The molecule has 2 nitrogen and oxygen atoms in total. The Morgan fingerprint density at radius 2 is 2.38 bits per heavy atom. The fourth-order valence-electron chi connectivity index (χ4n) is 0.205. The second-order valence-electron chi connectivity index (χ2n) is 1.20. The Hall–Kier alpha value is -0.410. The highest BCUT2D eigenvalue weighted by atomic mass is 32.1. The van der Waals surface area contributed by atoms with Gasteiger partial charge < -0.3 is 5.11 Å². The monoisotopic (exact) mass is 132 g/mol. The maximum absolute atomic E-state index is 10.3. The molecule has 3 heteroatoms. The molecule has 0 unspecified atom stereocenters. The molecule has 0 fully saturated rings. The van der Waals surface area contributed by atoms with E-state index in [0.717, 1.165) is 0 Å². The quantitative estimate of drug-likeness (QED) is 0.315. The number of aliphatic hydroxyl groups excluding tert-OH is 1. The van der Waals surface area contributed by atoms with Crippen molar-refractivity contribution < 1.29 is 9.90 Å². The van der Waals surface area contributed by atoms with Crippen molar-refractivity contribution in [2.45, 2.75) is 6.92 Å². The Morgan fingerprint density at radius 1 is 1.88 bits per heavy atom. The Bertz CT molecular complexity index is 133. The highest BCUT2D eigenvalue weighted by Gasteiger charge is 1.84. The van der Waals surface area contributed by atoms with E-state index in [1.54, 1.807) is 0 Å². The Labute approximate surface area is 51.8 Å². The maximum atomic E-state index is 10.3. The summed E-state index contributed by atoms with van der Waals surface area (Å²) in [5, 5.41) is 8.42. The molecule has 0 radical (unpaired) electrons. The van der Waals surface area contributed by atoms with Gasteiger partial charge in [-0.05, 0) is 13.0 Å². The van der Waals surface area contributed by atoms with Crippen molar-refractivity contribution in [2.24, 2.45) is 0 Å². The van der Waals surface area contributed by atoms with Crippen LogP contribution < -0.4 is 0 Å². The minimum Gasteiger partial charge on any atom is -0.359 e. The molecule has 0 bridgehead atoms. The molecule has 0 aromatic rings. The number of rotatable bonds is 1. The third-order valence-electron chi connectivity index (χ3n) is 0.447. The van der Waals surface area contributed by atoms with Crippen LogP contribution in [0.5, 0.6) is 0 Å². The molecular formula is C5H8O2S. The van der Waals surface area contributed by atoms with Gasteiger partial charge in [-0.15, -0.1) is 11.4 Å². The molecule has 0 atom stereocenters. The lowest BCUT2D eigenvalue weighted by Gasteiger charge is -1.82. The van der Waals surface area contributed by atoms with Crippen LogP contribution in [-0.4, -0.2) is 15.3 Å². The van der Waals surface area contributed by atoms with E-state index in [0.29, 0.717) is 11.4 Å². The molecule has 0 rings (SSSR count). The number of aliphatic hydroxyl groups is 1. The topological polar surface area (TPSA) is 37.3 Å². The van der Waals surface area contributed by atoms with Gasteiger partial charge in [0.2, 0.25) is 5.12 Å². The van der Waals surface area contributed by atoms with Crippen molar-refractivity contribution in [2.75, 3.05) is 0 Å². The molecule has 1 N–H and O–H groups in total. The zero-order valence-corrected chi connectivity index (χ0v) is 5.48. The van der Waals surface area contributed by atoms with Gasteiger partial charge in [0.05, 0.1) is 5.05 Å². The average Bonchev–Trinajstić information content (AvgIpc) is 1.65. The summed E-state index contributed by atoms with van der Waals surface area (Å²) >= 11 is 0.324. The van der Waals surface area contributed by atoms with Crippen molar-refractivity contribution in [3.8, 4) is 0 Å². The van der Waals surface area contributed by atoms with E-state index >= 15 is 0 Å². The van der Waals surface area contributed by atoms with Gasteiger partial charge in [0.1, 0.15) is 0 Å². The number of carbonyl (C=O) groups excluding carboxylic acids is 1. The van der Waals surface area contributed by atoms with Gasteiger partial charge in [-0.1, -0.05) is 6.58 Å². The number of carbonyl (C=O) groups is 1. The van der Waals surface area contributed by atoms with Gasteiger partial charge in [-0.2, -0.15) is 0 Å². The van der Waals surface area contributed by atoms with Gasteiger partial charge in [0.25, 0.3) is 0 Å². The van der Waals surface area contributed by atoms with E-state index < -0.39 is 0 Å². The standard InChI is InChI=1S/C5H8O2S/c1-3-5(7)8-4(2)6/h3,6,8H,1H2,2H3. The Balaban J connectivity index is 3.89. The molecule has 0 heterocycles. The molecule has 0 aromatic heterocycles. The van der Waals surface area contributed by atoms with Crippen molar-refractivity contribution in [3.63, 3.8) is 0 Å². The van der Waals surface area contributed by atoms with Crippen molar-refractivity contribution in [3.05, 3.63) is 12.7 Å². The molecule has 0 aliphatic rings. The van der Waals surface area contributed by atoms with E-state index in [2.05, 4.69) is 6.58 Å². The molecular weight excluding hydrogens is 124 g/mol. The summed E-state index contributed by atoms with van der Waals surface area (Å²) in [5.41, 5.74) is 0. The Kier molecular flexibility index (Phi) is 3.39. The zero-order chi connectivity index (χ0) is 6.57. The smallest absolute Gasteiger partial charge is 0.205 e. The van der Waals surface area contributed by atoms with E-state index in [1.165, 1.54) is 13.0 Å². The second kappa shape index (κ2) is 3.57. The maximum Gasteiger partial charge on any atom is 0.205 e. The molecule has 0 amide bonds. The van der Waals surface area contributed by atoms with Crippen LogP contribution >= 0.6 is 11.4 Å². The molecule has 0 aliphatic heterocycles. The van der Waals surface area contributed by atoms with E-state index in [9.17, 15) is 4.79 Å². The van der Waals surface area contributed by atoms with Gasteiger partial charge in [0, 0.05) is 0 Å². The van der Waals surface area contributed by atoms with Gasteiger partial charge in [-0.3, -0.25) is 4.79 Å². The minimum atomic E-state index is -0.176. The van der Waals surface area contributed by atoms with Crippen LogP contribution in [0.25, 0.3) is 0 Å². The zero-order valence-electron chi connectivity index (χ0n) is 4.59. The third kappa shape index (κ3) is 3.77. The van der Waals surface area contributed by atoms with Gasteiger partial charge in [0.15, 0.2) is 0 Å². The first-order chi connectivity index (χ1) is 3.66. The van der Waals surface area contributed by atoms with E-state index in [4.69, 9.17) is 5.11 Å². The summed E-state index contributed by atoms with van der Waals surface area (Å²) in [7, 11) is 0. The summed E-state index contributed by atoms with van der Waals surface area (Å²) in [6, 6.07) is 0. The SMILES string of the molecule is C=CC(=O)[SH]=C(C)O. The first-order valence-electron chi connectivity index (χ1n) is 2.07. The first-order valence-corrected chi connectivity index (χ1v) is 2.97. The van der Waals surface area contributed by atoms with E-state index in [1.807, 2.05) is 0 Å². The van der Waals surface area contributed by atoms with Crippen LogP contribution in [0.3, 0.4) is 0 Å². The number of thiol groups is 1.